The van der Waals surface area contributed by atoms with Crippen LogP contribution < -0.4 is 10.6 Å². The van der Waals surface area contributed by atoms with Crippen molar-refractivity contribution in [3.05, 3.63) is 29.8 Å². The molecule has 0 aliphatic carbocycles. The van der Waals surface area contributed by atoms with Gasteiger partial charge >= 0.3 is 6.03 Å². The number of hydrogen-bond acceptors (Lipinski definition) is 4. The molecule has 1 aromatic rings. The van der Waals surface area contributed by atoms with Crippen LogP contribution in [0.15, 0.2) is 29.2 Å². The minimum absolute atomic E-state index is 0.0794. The highest BCUT2D eigenvalue weighted by Crippen LogP contribution is 2.18. The molecule has 22 heavy (non-hydrogen) atoms. The smallest absolute Gasteiger partial charge is 0.315 e. The first kappa shape index (κ1) is 16.8. The number of nitrogens with one attached hydrogen (secondary N) is 2. The Morgan fingerprint density at radius 1 is 1.23 bits per heavy atom. The first-order valence-electron chi connectivity index (χ1n) is 7.36. The topological polar surface area (TPSA) is 84.5 Å². The number of aryl methyl sites for hydroxylation is 1. The minimum Gasteiger partial charge on any atom is -0.333 e. The number of carbonyl (C=O) groups excluding carboxylic acids is 1. The van der Waals surface area contributed by atoms with Gasteiger partial charge in [0.2, 0.25) is 0 Å². The van der Waals surface area contributed by atoms with Crippen molar-refractivity contribution in [3.8, 4) is 0 Å². The van der Waals surface area contributed by atoms with Gasteiger partial charge in [-0.3, -0.25) is 4.18 Å². The van der Waals surface area contributed by atoms with Crippen LogP contribution in [0, 0.1) is 12.8 Å². The summed E-state index contributed by atoms with van der Waals surface area (Å²) >= 11 is 0. The normalized spacial score (nSPS) is 23.0. The first-order chi connectivity index (χ1) is 10.3. The molecule has 0 aromatic heterocycles. The predicted molar refractivity (Wildman–Crippen MR) is 83.0 cm³/mol. The summed E-state index contributed by atoms with van der Waals surface area (Å²) in [4.78, 5) is 11.6. The van der Waals surface area contributed by atoms with E-state index in [1.54, 1.807) is 12.1 Å². The van der Waals surface area contributed by atoms with Gasteiger partial charge in [-0.1, -0.05) is 38.0 Å². The molecule has 1 heterocycles. The van der Waals surface area contributed by atoms with E-state index in [1.165, 1.54) is 12.1 Å². The van der Waals surface area contributed by atoms with E-state index in [1.807, 2.05) is 20.8 Å². The Hall–Kier alpha value is -1.60. The van der Waals surface area contributed by atoms with Gasteiger partial charge in [0, 0.05) is 0 Å². The van der Waals surface area contributed by atoms with E-state index in [0.717, 1.165) is 12.0 Å². The lowest BCUT2D eigenvalue weighted by atomic mass is 9.94. The molecule has 0 saturated carbocycles. The fraction of sp³-hybridized carbons (Fsp3) is 0.533. The molecule has 7 heteroatoms. The van der Waals surface area contributed by atoms with Crippen LogP contribution in [0.25, 0.3) is 0 Å². The van der Waals surface area contributed by atoms with Crippen LogP contribution in [0.5, 0.6) is 0 Å². The Balaban J connectivity index is 2.04. The first-order valence-corrected chi connectivity index (χ1v) is 8.77. The van der Waals surface area contributed by atoms with Crippen molar-refractivity contribution in [1.82, 2.24) is 10.6 Å². The lowest BCUT2D eigenvalue weighted by Crippen LogP contribution is -2.42. The van der Waals surface area contributed by atoms with E-state index in [-0.39, 0.29) is 35.5 Å². The van der Waals surface area contributed by atoms with Crippen LogP contribution in [0.4, 0.5) is 4.79 Å². The molecule has 0 bridgehead atoms. The maximum Gasteiger partial charge on any atom is 0.315 e. The van der Waals surface area contributed by atoms with Crippen molar-refractivity contribution in [1.29, 1.82) is 0 Å². The van der Waals surface area contributed by atoms with E-state index >= 15 is 0 Å². The number of carbonyl (C=O) groups is 1. The summed E-state index contributed by atoms with van der Waals surface area (Å²) in [6, 6.07) is 5.69. The van der Waals surface area contributed by atoms with Crippen LogP contribution in [0.1, 0.15) is 25.8 Å². The van der Waals surface area contributed by atoms with Gasteiger partial charge in [-0.05, 0) is 25.0 Å². The average Bonchev–Trinajstić information content (AvgIpc) is 2.86. The lowest BCUT2D eigenvalue weighted by Gasteiger charge is -2.23. The molecule has 1 aliphatic rings. The standard InChI is InChI=1S/C15H22N2O4S/c1-4-11(3)14-13(16-15(18)17-14)9-21-22(19,20)12-7-5-10(2)6-8-12/h5-8,11,13-14H,4,9H2,1-3H3,(H2,16,17,18)/t11?,13-,14?/m1/s1. The zero-order valence-electron chi connectivity index (χ0n) is 13.0. The number of hydrogen-bond donors (Lipinski definition) is 2. The van der Waals surface area contributed by atoms with E-state index < -0.39 is 10.1 Å². The third-order valence-corrected chi connectivity index (χ3v) is 5.31. The molecule has 2 amide bonds. The highest BCUT2D eigenvalue weighted by molar-refractivity contribution is 7.86. The SMILES string of the molecule is CCC(C)C1NC(=O)N[C@@H]1COS(=O)(=O)c1ccc(C)cc1. The largest absolute Gasteiger partial charge is 0.333 e. The van der Waals surface area contributed by atoms with E-state index in [2.05, 4.69) is 10.6 Å². The summed E-state index contributed by atoms with van der Waals surface area (Å²) < 4.78 is 29.5. The number of rotatable bonds is 6. The van der Waals surface area contributed by atoms with Gasteiger partial charge in [-0.2, -0.15) is 8.42 Å². The number of benzene rings is 1. The van der Waals surface area contributed by atoms with Gasteiger partial charge in [0.15, 0.2) is 0 Å². The maximum absolute atomic E-state index is 12.2. The maximum atomic E-state index is 12.2. The zero-order valence-corrected chi connectivity index (χ0v) is 13.8. The van der Waals surface area contributed by atoms with Crippen molar-refractivity contribution >= 4 is 16.1 Å². The number of amides is 2. The Bertz CT molecular complexity index is 627. The summed E-state index contributed by atoms with van der Waals surface area (Å²) in [7, 11) is -3.82. The molecule has 1 fully saturated rings. The van der Waals surface area contributed by atoms with E-state index in [4.69, 9.17) is 4.18 Å². The van der Waals surface area contributed by atoms with Crippen LogP contribution in [0.3, 0.4) is 0 Å². The molecule has 2 N–H and O–H groups in total. The van der Waals surface area contributed by atoms with Gasteiger partial charge in [-0.25, -0.2) is 4.79 Å². The van der Waals surface area contributed by atoms with Gasteiger partial charge in [0.1, 0.15) is 0 Å². The van der Waals surface area contributed by atoms with Crippen molar-refractivity contribution < 1.29 is 17.4 Å². The van der Waals surface area contributed by atoms with E-state index in [9.17, 15) is 13.2 Å². The average molecular weight is 326 g/mol. The molecule has 1 aliphatic heterocycles. The predicted octanol–water partition coefficient (Wildman–Crippen LogP) is 1.80. The molecule has 0 radical (unpaired) electrons. The van der Waals surface area contributed by atoms with Crippen molar-refractivity contribution in [2.75, 3.05) is 6.61 Å². The lowest BCUT2D eigenvalue weighted by molar-refractivity contribution is 0.240. The molecule has 6 nitrogen and oxygen atoms in total. The van der Waals surface area contributed by atoms with Gasteiger partial charge in [0.05, 0.1) is 23.6 Å². The second-order valence-corrected chi connectivity index (χ2v) is 7.30. The third-order valence-electron chi connectivity index (χ3n) is 4.02. The highest BCUT2D eigenvalue weighted by Gasteiger charge is 2.35. The van der Waals surface area contributed by atoms with Crippen LogP contribution >= 0.6 is 0 Å². The van der Waals surface area contributed by atoms with Gasteiger partial charge in [0.25, 0.3) is 10.1 Å². The van der Waals surface area contributed by atoms with Crippen molar-refractivity contribution in [2.45, 2.75) is 44.2 Å². The molecule has 0 spiro atoms. The zero-order chi connectivity index (χ0) is 16.3. The third kappa shape index (κ3) is 3.78. The summed E-state index contributed by atoms with van der Waals surface area (Å²) in [5.41, 5.74) is 0.975. The fourth-order valence-electron chi connectivity index (χ4n) is 2.43. The van der Waals surface area contributed by atoms with E-state index in [0.29, 0.717) is 0 Å². The Morgan fingerprint density at radius 2 is 1.86 bits per heavy atom. The molecule has 2 rings (SSSR count). The summed E-state index contributed by atoms with van der Waals surface area (Å²) in [5, 5.41) is 5.53. The van der Waals surface area contributed by atoms with Gasteiger partial charge < -0.3 is 10.6 Å². The molecule has 1 saturated heterocycles. The Labute approximate surface area is 131 Å². The summed E-state index contributed by atoms with van der Waals surface area (Å²) in [5.74, 6) is 0.231. The quantitative estimate of drug-likeness (QED) is 0.781. The van der Waals surface area contributed by atoms with Crippen LogP contribution in [-0.2, 0) is 14.3 Å². The molecule has 2 unspecified atom stereocenters. The molecule has 3 atom stereocenters. The second-order valence-electron chi connectivity index (χ2n) is 5.69. The van der Waals surface area contributed by atoms with Crippen LogP contribution in [-0.4, -0.2) is 33.1 Å². The second kappa shape index (κ2) is 6.66. The monoisotopic (exact) mass is 326 g/mol. The van der Waals surface area contributed by atoms with Crippen molar-refractivity contribution in [2.24, 2.45) is 5.92 Å². The van der Waals surface area contributed by atoms with Crippen LogP contribution in [0.2, 0.25) is 0 Å². The van der Waals surface area contributed by atoms with Crippen molar-refractivity contribution in [3.63, 3.8) is 0 Å². The molecule has 122 valence electrons. The Morgan fingerprint density at radius 3 is 2.45 bits per heavy atom. The molecular formula is C15H22N2O4S. The fourth-order valence-corrected chi connectivity index (χ4v) is 3.36. The highest BCUT2D eigenvalue weighted by atomic mass is 32.2. The summed E-state index contributed by atoms with van der Waals surface area (Å²) in [6.45, 7) is 5.84. The molecule has 1 aromatic carbocycles. The number of urea groups is 1. The Kier molecular flexibility index (Phi) is 5.08. The summed E-state index contributed by atoms with van der Waals surface area (Å²) in [6.07, 6.45) is 0.883. The molecular weight excluding hydrogens is 304 g/mol. The minimum atomic E-state index is -3.82. The van der Waals surface area contributed by atoms with Gasteiger partial charge in [-0.15, -0.1) is 0 Å².